The summed E-state index contributed by atoms with van der Waals surface area (Å²) in [7, 11) is 2.02. The van der Waals surface area contributed by atoms with Crippen molar-refractivity contribution in [3.8, 4) is 5.69 Å². The van der Waals surface area contributed by atoms with Crippen LogP contribution in [0.2, 0.25) is 0 Å². The number of thiocarbonyl (C=S) groups is 1. The maximum absolute atomic E-state index is 5.57. The number of hydrogen-bond acceptors (Lipinski definition) is 2. The Balaban J connectivity index is 1.61. The lowest BCUT2D eigenvalue weighted by Gasteiger charge is -2.21. The molecule has 0 bridgehead atoms. The Morgan fingerprint density at radius 1 is 1.04 bits per heavy atom. The van der Waals surface area contributed by atoms with Gasteiger partial charge in [0.05, 0.1) is 11.4 Å². The summed E-state index contributed by atoms with van der Waals surface area (Å²) in [4.78, 5) is 2.08. The lowest BCUT2D eigenvalue weighted by molar-refractivity contribution is 0.486. The molecule has 0 unspecified atom stereocenters. The Labute approximate surface area is 166 Å². The molecule has 0 aliphatic rings. The summed E-state index contributed by atoms with van der Waals surface area (Å²) < 4.78 is 2.00. The Morgan fingerprint density at radius 3 is 2.33 bits per heavy atom. The summed E-state index contributed by atoms with van der Waals surface area (Å²) in [5, 5.41) is 8.84. The second kappa shape index (κ2) is 8.82. The average molecular weight is 379 g/mol. The Kier molecular flexibility index (Phi) is 6.24. The minimum atomic E-state index is 0.738. The van der Waals surface area contributed by atoms with Crippen molar-refractivity contribution in [2.24, 2.45) is 0 Å². The summed E-state index contributed by atoms with van der Waals surface area (Å²) in [6.07, 6.45) is 0.957. The van der Waals surface area contributed by atoms with Crippen LogP contribution >= 0.6 is 12.2 Å². The fourth-order valence-corrected chi connectivity index (χ4v) is 3.29. The van der Waals surface area contributed by atoms with Crippen LogP contribution in [0.15, 0.2) is 60.7 Å². The minimum absolute atomic E-state index is 0.738. The van der Waals surface area contributed by atoms with Gasteiger partial charge in [-0.05, 0) is 50.2 Å². The molecule has 0 spiro atoms. The van der Waals surface area contributed by atoms with Gasteiger partial charge >= 0.3 is 0 Å². The number of hydrogen-bond donors (Lipinski definition) is 1. The Morgan fingerprint density at radius 2 is 1.67 bits per heavy atom. The second-order valence-corrected chi connectivity index (χ2v) is 7.11. The van der Waals surface area contributed by atoms with Crippen molar-refractivity contribution in [3.63, 3.8) is 0 Å². The number of aromatic nitrogens is 2. The second-order valence-electron chi connectivity index (χ2n) is 6.72. The highest BCUT2D eigenvalue weighted by atomic mass is 32.1. The maximum Gasteiger partial charge on any atom is 0.168 e. The largest absolute Gasteiger partial charge is 0.362 e. The van der Waals surface area contributed by atoms with Crippen LogP contribution in [-0.2, 0) is 13.0 Å². The van der Waals surface area contributed by atoms with Crippen molar-refractivity contribution in [3.05, 3.63) is 83.2 Å². The van der Waals surface area contributed by atoms with Gasteiger partial charge in [-0.3, -0.25) is 0 Å². The van der Waals surface area contributed by atoms with E-state index >= 15 is 0 Å². The van der Waals surface area contributed by atoms with E-state index in [2.05, 4.69) is 60.5 Å². The number of para-hydroxylation sites is 1. The molecule has 1 aromatic heterocycles. The summed E-state index contributed by atoms with van der Waals surface area (Å²) in [5.74, 6) is 0. The van der Waals surface area contributed by atoms with Gasteiger partial charge in [0.1, 0.15) is 0 Å². The molecule has 1 heterocycles. The van der Waals surface area contributed by atoms with Crippen molar-refractivity contribution in [2.45, 2.75) is 26.8 Å². The molecule has 0 saturated carbocycles. The minimum Gasteiger partial charge on any atom is -0.362 e. The highest BCUT2D eigenvalue weighted by Gasteiger charge is 2.15. The average Bonchev–Trinajstić information content (AvgIpc) is 2.97. The SMILES string of the molecule is Cc1nn(-c2ccccc2)c(C)c1CN(C)C(=S)NCCc1ccccc1. The molecular weight excluding hydrogens is 352 g/mol. The molecule has 0 fully saturated rings. The molecule has 0 amide bonds. The molecule has 3 aromatic rings. The van der Waals surface area contributed by atoms with Gasteiger partial charge in [0, 0.05) is 31.4 Å². The highest BCUT2D eigenvalue weighted by molar-refractivity contribution is 7.80. The number of nitrogens with one attached hydrogen (secondary N) is 1. The van der Waals surface area contributed by atoms with E-state index in [1.165, 1.54) is 11.1 Å². The zero-order valence-electron chi connectivity index (χ0n) is 16.1. The number of aryl methyl sites for hydroxylation is 1. The predicted octanol–water partition coefficient (Wildman–Crippen LogP) is 4.04. The van der Waals surface area contributed by atoms with Gasteiger partial charge in [0.2, 0.25) is 0 Å². The Bertz CT molecular complexity index is 887. The third-order valence-electron chi connectivity index (χ3n) is 4.72. The molecule has 4 nitrogen and oxygen atoms in total. The van der Waals surface area contributed by atoms with Crippen LogP contribution < -0.4 is 5.32 Å². The first-order chi connectivity index (χ1) is 13.1. The molecule has 0 atom stereocenters. The van der Waals surface area contributed by atoms with Crippen molar-refractivity contribution in [1.29, 1.82) is 0 Å². The zero-order chi connectivity index (χ0) is 19.2. The van der Waals surface area contributed by atoms with E-state index in [1.54, 1.807) is 0 Å². The third-order valence-corrected chi connectivity index (χ3v) is 5.17. The van der Waals surface area contributed by atoms with Crippen LogP contribution in [0, 0.1) is 13.8 Å². The fourth-order valence-electron chi connectivity index (χ4n) is 3.13. The maximum atomic E-state index is 5.57. The van der Waals surface area contributed by atoms with E-state index in [0.717, 1.165) is 41.7 Å². The van der Waals surface area contributed by atoms with Crippen LogP contribution in [0.25, 0.3) is 5.69 Å². The van der Waals surface area contributed by atoms with Crippen LogP contribution in [0.3, 0.4) is 0 Å². The van der Waals surface area contributed by atoms with Crippen molar-refractivity contribution in [2.75, 3.05) is 13.6 Å². The van der Waals surface area contributed by atoms with Gasteiger partial charge in [-0.25, -0.2) is 4.68 Å². The van der Waals surface area contributed by atoms with Gasteiger partial charge in [-0.1, -0.05) is 48.5 Å². The topological polar surface area (TPSA) is 33.1 Å². The summed E-state index contributed by atoms with van der Waals surface area (Å²) in [5.41, 5.74) is 5.79. The fraction of sp³-hybridized carbons (Fsp3) is 0.273. The molecule has 27 heavy (non-hydrogen) atoms. The quantitative estimate of drug-likeness (QED) is 0.657. The van der Waals surface area contributed by atoms with Crippen LogP contribution in [0.5, 0.6) is 0 Å². The van der Waals surface area contributed by atoms with E-state index in [0.29, 0.717) is 0 Å². The normalized spacial score (nSPS) is 10.6. The third kappa shape index (κ3) is 4.74. The van der Waals surface area contributed by atoms with Crippen LogP contribution in [-0.4, -0.2) is 33.4 Å². The molecule has 5 heteroatoms. The molecule has 140 valence electrons. The number of benzene rings is 2. The summed E-state index contributed by atoms with van der Waals surface area (Å²) >= 11 is 5.57. The van der Waals surface area contributed by atoms with E-state index in [4.69, 9.17) is 17.3 Å². The van der Waals surface area contributed by atoms with Crippen molar-refractivity contribution in [1.82, 2.24) is 20.0 Å². The zero-order valence-corrected chi connectivity index (χ0v) is 17.0. The van der Waals surface area contributed by atoms with Gasteiger partial charge in [0.15, 0.2) is 5.11 Å². The predicted molar refractivity (Wildman–Crippen MR) is 115 cm³/mol. The number of rotatable bonds is 6. The van der Waals surface area contributed by atoms with Gasteiger partial charge in [-0.15, -0.1) is 0 Å². The van der Waals surface area contributed by atoms with E-state index in [-0.39, 0.29) is 0 Å². The van der Waals surface area contributed by atoms with Gasteiger partial charge in [-0.2, -0.15) is 5.10 Å². The molecule has 3 rings (SSSR count). The molecule has 0 aliphatic heterocycles. The molecule has 0 aliphatic carbocycles. The first-order valence-electron chi connectivity index (χ1n) is 9.19. The van der Waals surface area contributed by atoms with E-state index in [9.17, 15) is 0 Å². The molecule has 1 N–H and O–H groups in total. The van der Waals surface area contributed by atoms with E-state index < -0.39 is 0 Å². The molecule has 2 aromatic carbocycles. The lowest BCUT2D eigenvalue weighted by Crippen LogP contribution is -2.37. The molecule has 0 saturated heterocycles. The summed E-state index contributed by atoms with van der Waals surface area (Å²) in [6, 6.07) is 20.7. The smallest absolute Gasteiger partial charge is 0.168 e. The monoisotopic (exact) mass is 378 g/mol. The standard InChI is InChI=1S/C22H26N4S/c1-17-21(18(2)26(24-17)20-12-8-5-9-13-20)16-25(3)22(27)23-15-14-19-10-6-4-7-11-19/h4-13H,14-16H2,1-3H3,(H,23,27). The molecule has 0 radical (unpaired) electrons. The molecular formula is C22H26N4S. The van der Waals surface area contributed by atoms with Crippen molar-refractivity contribution >= 4 is 17.3 Å². The lowest BCUT2D eigenvalue weighted by atomic mass is 10.1. The first kappa shape index (κ1) is 19.1. The van der Waals surface area contributed by atoms with Crippen LogP contribution in [0.1, 0.15) is 22.5 Å². The summed E-state index contributed by atoms with van der Waals surface area (Å²) in [6.45, 7) is 5.74. The van der Waals surface area contributed by atoms with Gasteiger partial charge < -0.3 is 10.2 Å². The van der Waals surface area contributed by atoms with Gasteiger partial charge in [0.25, 0.3) is 0 Å². The number of nitrogens with zero attached hydrogens (tertiary/aromatic N) is 3. The Hall–Kier alpha value is -2.66. The highest BCUT2D eigenvalue weighted by Crippen LogP contribution is 2.19. The first-order valence-corrected chi connectivity index (χ1v) is 9.60. The van der Waals surface area contributed by atoms with Crippen LogP contribution in [0.4, 0.5) is 0 Å². The van der Waals surface area contributed by atoms with Crippen molar-refractivity contribution < 1.29 is 0 Å². The van der Waals surface area contributed by atoms with E-state index in [1.807, 2.05) is 36.0 Å².